The molecule has 0 spiro atoms. The number of aryl methyl sites for hydroxylation is 2. The van der Waals surface area contributed by atoms with E-state index in [1.807, 2.05) is 18.2 Å². The molecule has 2 heterocycles. The van der Waals surface area contributed by atoms with E-state index in [9.17, 15) is 4.79 Å². The first-order valence-corrected chi connectivity index (χ1v) is 12.4. The standard InChI is InChI=1S/C30H33N3O3/c1-20-9-10-23(15-21(20)2)27-17-28(26-12-11-25(35-3)16-29(26)36-4)33(31-27)30(34)19-32-14-13-22-7-5-6-8-24(22)18-32/h5-12,15-16,28H,13-14,17-19H2,1-4H3/t28-/m0/s1. The Morgan fingerprint density at radius 2 is 1.78 bits per heavy atom. The highest BCUT2D eigenvalue weighted by molar-refractivity contribution is 6.03. The second kappa shape index (κ2) is 10.2. The summed E-state index contributed by atoms with van der Waals surface area (Å²) in [6, 6.07) is 20.4. The molecule has 6 nitrogen and oxygen atoms in total. The molecule has 0 saturated heterocycles. The fourth-order valence-corrected chi connectivity index (χ4v) is 5.12. The minimum atomic E-state index is -0.243. The molecule has 0 unspecified atom stereocenters. The summed E-state index contributed by atoms with van der Waals surface area (Å²) >= 11 is 0. The van der Waals surface area contributed by atoms with E-state index in [0.29, 0.717) is 24.5 Å². The molecule has 1 atom stereocenters. The Kier molecular flexibility index (Phi) is 6.79. The fourth-order valence-electron chi connectivity index (χ4n) is 5.12. The normalized spacial score (nSPS) is 17.5. The molecule has 0 aliphatic carbocycles. The van der Waals surface area contributed by atoms with Gasteiger partial charge in [0.25, 0.3) is 5.91 Å². The first kappa shape index (κ1) is 24.1. The van der Waals surface area contributed by atoms with Crippen LogP contribution >= 0.6 is 0 Å². The number of fused-ring (bicyclic) bond motifs is 1. The molecule has 2 aliphatic heterocycles. The molecule has 0 aromatic heterocycles. The number of nitrogens with zero attached hydrogens (tertiary/aromatic N) is 3. The molecular formula is C30H33N3O3. The average molecular weight is 484 g/mol. The summed E-state index contributed by atoms with van der Waals surface area (Å²) in [5.41, 5.74) is 8.02. The third-order valence-corrected chi connectivity index (χ3v) is 7.37. The van der Waals surface area contributed by atoms with Crippen LogP contribution in [0.2, 0.25) is 0 Å². The predicted molar refractivity (Wildman–Crippen MR) is 142 cm³/mol. The summed E-state index contributed by atoms with van der Waals surface area (Å²) in [5.74, 6) is 1.41. The summed E-state index contributed by atoms with van der Waals surface area (Å²) in [6.07, 6.45) is 1.58. The molecule has 0 fully saturated rings. The fraction of sp³-hybridized carbons (Fsp3) is 0.333. The summed E-state index contributed by atoms with van der Waals surface area (Å²) in [4.78, 5) is 16.0. The molecule has 0 saturated carbocycles. The Morgan fingerprint density at radius 1 is 0.972 bits per heavy atom. The van der Waals surface area contributed by atoms with Gasteiger partial charge in [-0.3, -0.25) is 9.69 Å². The quantitative estimate of drug-likeness (QED) is 0.492. The van der Waals surface area contributed by atoms with Crippen molar-refractivity contribution in [2.24, 2.45) is 5.10 Å². The smallest absolute Gasteiger partial charge is 0.257 e. The molecule has 36 heavy (non-hydrogen) atoms. The zero-order valence-electron chi connectivity index (χ0n) is 21.5. The van der Waals surface area contributed by atoms with Crippen molar-refractivity contribution in [2.75, 3.05) is 27.3 Å². The van der Waals surface area contributed by atoms with Gasteiger partial charge < -0.3 is 9.47 Å². The van der Waals surface area contributed by atoms with Crippen LogP contribution in [0.3, 0.4) is 0 Å². The molecule has 5 rings (SSSR count). The minimum Gasteiger partial charge on any atom is -0.497 e. The number of hydrogen-bond donors (Lipinski definition) is 0. The van der Waals surface area contributed by atoms with Gasteiger partial charge in [0.15, 0.2) is 0 Å². The Labute approximate surface area is 213 Å². The van der Waals surface area contributed by atoms with Gasteiger partial charge in [0.05, 0.1) is 32.5 Å². The number of carbonyl (C=O) groups excluding carboxylic acids is 1. The first-order valence-electron chi connectivity index (χ1n) is 12.4. The zero-order valence-corrected chi connectivity index (χ0v) is 21.5. The van der Waals surface area contributed by atoms with E-state index in [4.69, 9.17) is 14.6 Å². The maximum atomic E-state index is 13.7. The topological polar surface area (TPSA) is 54.4 Å². The predicted octanol–water partition coefficient (Wildman–Crippen LogP) is 5.06. The van der Waals surface area contributed by atoms with E-state index < -0.39 is 0 Å². The molecule has 186 valence electrons. The maximum absolute atomic E-state index is 13.7. The highest BCUT2D eigenvalue weighted by Crippen LogP contribution is 2.39. The number of carbonyl (C=O) groups is 1. The van der Waals surface area contributed by atoms with Crippen molar-refractivity contribution in [3.63, 3.8) is 0 Å². The Bertz CT molecular complexity index is 1320. The van der Waals surface area contributed by atoms with Gasteiger partial charge in [-0.15, -0.1) is 0 Å². The second-order valence-corrected chi connectivity index (χ2v) is 9.64. The van der Waals surface area contributed by atoms with E-state index in [0.717, 1.165) is 36.3 Å². The number of methoxy groups -OCH3 is 2. The van der Waals surface area contributed by atoms with Crippen molar-refractivity contribution >= 4 is 11.6 Å². The Morgan fingerprint density at radius 3 is 2.53 bits per heavy atom. The molecule has 6 heteroatoms. The van der Waals surface area contributed by atoms with Crippen LogP contribution in [-0.2, 0) is 17.8 Å². The lowest BCUT2D eigenvalue weighted by atomic mass is 9.95. The monoisotopic (exact) mass is 483 g/mol. The zero-order chi connectivity index (χ0) is 25.2. The molecular weight excluding hydrogens is 450 g/mol. The first-order chi connectivity index (χ1) is 17.5. The van der Waals surface area contributed by atoms with Gasteiger partial charge in [0.2, 0.25) is 0 Å². The van der Waals surface area contributed by atoms with Crippen LogP contribution in [-0.4, -0.2) is 48.8 Å². The largest absolute Gasteiger partial charge is 0.497 e. The van der Waals surface area contributed by atoms with Gasteiger partial charge in [-0.25, -0.2) is 5.01 Å². The molecule has 3 aromatic carbocycles. The average Bonchev–Trinajstić information content (AvgIpc) is 3.35. The van der Waals surface area contributed by atoms with Crippen molar-refractivity contribution in [2.45, 2.75) is 39.3 Å². The van der Waals surface area contributed by atoms with E-state index in [1.54, 1.807) is 19.2 Å². The van der Waals surface area contributed by atoms with Gasteiger partial charge in [0, 0.05) is 31.1 Å². The summed E-state index contributed by atoms with van der Waals surface area (Å²) < 4.78 is 11.1. The third-order valence-electron chi connectivity index (χ3n) is 7.37. The number of hydrazone groups is 1. The van der Waals surface area contributed by atoms with Crippen LogP contribution in [0.4, 0.5) is 0 Å². The van der Waals surface area contributed by atoms with Crippen LogP contribution in [0.15, 0.2) is 65.8 Å². The van der Waals surface area contributed by atoms with Crippen molar-refractivity contribution in [1.29, 1.82) is 0 Å². The number of hydrogen-bond acceptors (Lipinski definition) is 5. The van der Waals surface area contributed by atoms with Crippen LogP contribution in [0.1, 0.15) is 45.8 Å². The highest BCUT2D eigenvalue weighted by Gasteiger charge is 2.36. The molecule has 0 radical (unpaired) electrons. The Hall–Kier alpha value is -3.64. The van der Waals surface area contributed by atoms with E-state index in [-0.39, 0.29) is 11.9 Å². The van der Waals surface area contributed by atoms with Gasteiger partial charge in [-0.05, 0) is 66.3 Å². The van der Waals surface area contributed by atoms with Crippen LogP contribution in [0.5, 0.6) is 11.5 Å². The highest BCUT2D eigenvalue weighted by atomic mass is 16.5. The van der Waals surface area contributed by atoms with Gasteiger partial charge in [-0.1, -0.05) is 36.4 Å². The van der Waals surface area contributed by atoms with E-state index >= 15 is 0 Å². The number of amides is 1. The molecule has 2 aliphatic rings. The van der Waals surface area contributed by atoms with E-state index in [1.165, 1.54) is 22.3 Å². The van der Waals surface area contributed by atoms with Crippen LogP contribution in [0.25, 0.3) is 0 Å². The van der Waals surface area contributed by atoms with Crippen molar-refractivity contribution in [3.8, 4) is 11.5 Å². The molecule has 0 bridgehead atoms. The van der Waals surface area contributed by atoms with E-state index in [2.05, 4.69) is 61.2 Å². The van der Waals surface area contributed by atoms with Gasteiger partial charge in [-0.2, -0.15) is 5.10 Å². The number of benzene rings is 3. The van der Waals surface area contributed by atoms with Gasteiger partial charge in [0.1, 0.15) is 11.5 Å². The summed E-state index contributed by atoms with van der Waals surface area (Å²) in [7, 11) is 3.28. The molecule has 0 N–H and O–H groups in total. The van der Waals surface area contributed by atoms with Crippen LogP contribution < -0.4 is 9.47 Å². The maximum Gasteiger partial charge on any atom is 0.257 e. The van der Waals surface area contributed by atoms with Crippen molar-refractivity contribution in [3.05, 3.63) is 94.0 Å². The number of ether oxygens (including phenoxy) is 2. The molecule has 1 amide bonds. The summed E-state index contributed by atoms with van der Waals surface area (Å²) in [5, 5.41) is 6.58. The van der Waals surface area contributed by atoms with Crippen LogP contribution in [0, 0.1) is 13.8 Å². The lowest BCUT2D eigenvalue weighted by Crippen LogP contribution is -2.40. The molecule has 3 aromatic rings. The summed E-state index contributed by atoms with van der Waals surface area (Å²) in [6.45, 7) is 6.18. The third kappa shape index (κ3) is 4.73. The number of rotatable bonds is 6. The lowest BCUT2D eigenvalue weighted by molar-refractivity contribution is -0.134. The SMILES string of the molecule is COc1ccc([C@@H]2CC(c3ccc(C)c(C)c3)=NN2C(=O)CN2CCc3ccccc3C2)c(OC)c1. The Balaban J connectivity index is 1.45. The minimum absolute atomic E-state index is 0.00362. The second-order valence-electron chi connectivity index (χ2n) is 9.64. The lowest BCUT2D eigenvalue weighted by Gasteiger charge is -2.30. The van der Waals surface area contributed by atoms with Gasteiger partial charge >= 0.3 is 0 Å². The van der Waals surface area contributed by atoms with Crippen molar-refractivity contribution < 1.29 is 14.3 Å². The van der Waals surface area contributed by atoms with Crippen molar-refractivity contribution in [1.82, 2.24) is 9.91 Å².